The van der Waals surface area contributed by atoms with Crippen LogP contribution in [-0.2, 0) is 14.8 Å². The van der Waals surface area contributed by atoms with E-state index in [1.807, 2.05) is 0 Å². The van der Waals surface area contributed by atoms with E-state index in [2.05, 4.69) is 11.8 Å². The number of hydrogen-bond donors (Lipinski definition) is 1. The van der Waals surface area contributed by atoms with Gasteiger partial charge in [-0.05, 0) is 6.42 Å². The third-order valence-electron chi connectivity index (χ3n) is 3.22. The Morgan fingerprint density at radius 3 is 2.42 bits per heavy atom. The molecule has 0 aromatic carbocycles. The summed E-state index contributed by atoms with van der Waals surface area (Å²) in [5, 5.41) is 9.83. The summed E-state index contributed by atoms with van der Waals surface area (Å²) < 4.78 is 29.6. The highest BCUT2D eigenvalue weighted by molar-refractivity contribution is 7.88. The molecule has 7 heteroatoms. The Morgan fingerprint density at radius 1 is 1.26 bits per heavy atom. The Hall–Kier alpha value is -0.210. The standard InChI is InChI=1S/C12H26N2O4S/c1-3-4-9-18-11-12(15)10-13-5-7-14(8-6-13)19(2,16)17/h12,15H,3-11H2,1-2H3. The van der Waals surface area contributed by atoms with Gasteiger partial charge in [-0.2, -0.15) is 4.31 Å². The van der Waals surface area contributed by atoms with Crippen molar-refractivity contribution in [3.05, 3.63) is 0 Å². The van der Waals surface area contributed by atoms with Gasteiger partial charge in [0.25, 0.3) is 0 Å². The number of piperazine rings is 1. The van der Waals surface area contributed by atoms with Gasteiger partial charge in [-0.25, -0.2) is 8.42 Å². The molecule has 0 bridgehead atoms. The smallest absolute Gasteiger partial charge is 0.211 e. The lowest BCUT2D eigenvalue weighted by atomic mass is 10.3. The molecule has 0 aliphatic carbocycles. The first-order valence-electron chi connectivity index (χ1n) is 6.86. The molecule has 0 radical (unpaired) electrons. The first-order valence-corrected chi connectivity index (χ1v) is 8.71. The van der Waals surface area contributed by atoms with Gasteiger partial charge >= 0.3 is 0 Å². The van der Waals surface area contributed by atoms with Gasteiger partial charge in [0.1, 0.15) is 0 Å². The fourth-order valence-corrected chi connectivity index (χ4v) is 2.89. The van der Waals surface area contributed by atoms with Gasteiger partial charge in [-0.3, -0.25) is 4.90 Å². The van der Waals surface area contributed by atoms with Crippen LogP contribution in [0, 0.1) is 0 Å². The number of aliphatic hydroxyl groups is 1. The normalized spacial score (nSPS) is 20.6. The molecule has 1 N–H and O–H groups in total. The SMILES string of the molecule is CCCCOCC(O)CN1CCN(S(C)(=O)=O)CC1. The average Bonchev–Trinajstić information content (AvgIpc) is 2.34. The van der Waals surface area contributed by atoms with Crippen LogP contribution in [0.4, 0.5) is 0 Å². The van der Waals surface area contributed by atoms with Gasteiger partial charge in [0.2, 0.25) is 10.0 Å². The zero-order valence-electron chi connectivity index (χ0n) is 11.9. The maximum absolute atomic E-state index is 11.4. The maximum atomic E-state index is 11.4. The second kappa shape index (κ2) is 8.16. The predicted octanol–water partition coefficient (Wildman–Crippen LogP) is -0.259. The Bertz CT molecular complexity index is 340. The lowest BCUT2D eigenvalue weighted by Crippen LogP contribution is -2.50. The largest absolute Gasteiger partial charge is 0.389 e. The number of nitrogens with zero attached hydrogens (tertiary/aromatic N) is 2. The molecule has 1 aliphatic rings. The van der Waals surface area contributed by atoms with E-state index in [1.54, 1.807) is 0 Å². The van der Waals surface area contributed by atoms with Crippen molar-refractivity contribution in [2.75, 3.05) is 52.2 Å². The summed E-state index contributed by atoms with van der Waals surface area (Å²) in [6.45, 7) is 6.02. The third-order valence-corrected chi connectivity index (χ3v) is 4.52. The van der Waals surface area contributed by atoms with Crippen molar-refractivity contribution in [1.29, 1.82) is 0 Å². The number of sulfonamides is 1. The van der Waals surface area contributed by atoms with E-state index >= 15 is 0 Å². The van der Waals surface area contributed by atoms with Crippen molar-refractivity contribution in [1.82, 2.24) is 9.21 Å². The highest BCUT2D eigenvalue weighted by Crippen LogP contribution is 2.06. The van der Waals surface area contributed by atoms with Crippen LogP contribution in [-0.4, -0.2) is 81.0 Å². The fourth-order valence-electron chi connectivity index (χ4n) is 2.06. The van der Waals surface area contributed by atoms with Crippen LogP contribution in [0.3, 0.4) is 0 Å². The number of β-amino-alcohol motifs (C(OH)–C–C–N with tert-alkyl or cyclic N) is 1. The van der Waals surface area contributed by atoms with Crippen molar-refractivity contribution in [2.24, 2.45) is 0 Å². The summed E-state index contributed by atoms with van der Waals surface area (Å²) in [6.07, 6.45) is 2.84. The number of unbranched alkanes of at least 4 members (excludes halogenated alkanes) is 1. The van der Waals surface area contributed by atoms with E-state index in [0.29, 0.717) is 45.9 Å². The predicted molar refractivity (Wildman–Crippen MR) is 74.6 cm³/mol. The first-order chi connectivity index (χ1) is 8.93. The zero-order valence-corrected chi connectivity index (χ0v) is 12.7. The third kappa shape index (κ3) is 6.67. The monoisotopic (exact) mass is 294 g/mol. The van der Waals surface area contributed by atoms with Crippen molar-refractivity contribution < 1.29 is 18.3 Å². The van der Waals surface area contributed by atoms with Gasteiger partial charge in [-0.15, -0.1) is 0 Å². The molecule has 1 heterocycles. The summed E-state index contributed by atoms with van der Waals surface area (Å²) in [5.74, 6) is 0. The second-order valence-electron chi connectivity index (χ2n) is 5.04. The molecule has 6 nitrogen and oxygen atoms in total. The molecular weight excluding hydrogens is 268 g/mol. The van der Waals surface area contributed by atoms with E-state index < -0.39 is 16.1 Å². The Kier molecular flexibility index (Phi) is 7.23. The summed E-state index contributed by atoms with van der Waals surface area (Å²) in [7, 11) is -3.08. The van der Waals surface area contributed by atoms with E-state index in [4.69, 9.17) is 4.74 Å². The molecule has 1 rings (SSSR count). The van der Waals surface area contributed by atoms with Crippen LogP contribution < -0.4 is 0 Å². The van der Waals surface area contributed by atoms with Crippen LogP contribution in [0.25, 0.3) is 0 Å². The van der Waals surface area contributed by atoms with Crippen molar-refractivity contribution >= 4 is 10.0 Å². The summed E-state index contributed by atoms with van der Waals surface area (Å²) in [5.41, 5.74) is 0. The highest BCUT2D eigenvalue weighted by Gasteiger charge is 2.24. The Morgan fingerprint density at radius 2 is 1.89 bits per heavy atom. The molecule has 1 fully saturated rings. The van der Waals surface area contributed by atoms with Gasteiger partial charge in [0.05, 0.1) is 19.0 Å². The highest BCUT2D eigenvalue weighted by atomic mass is 32.2. The van der Waals surface area contributed by atoms with E-state index in [-0.39, 0.29) is 0 Å². The average molecular weight is 294 g/mol. The number of ether oxygens (including phenoxy) is 1. The van der Waals surface area contributed by atoms with Crippen LogP contribution in [0.1, 0.15) is 19.8 Å². The first kappa shape index (κ1) is 16.8. The molecule has 0 aromatic heterocycles. The number of aliphatic hydroxyl groups excluding tert-OH is 1. The van der Waals surface area contributed by atoms with E-state index in [0.717, 1.165) is 12.8 Å². The van der Waals surface area contributed by atoms with Crippen molar-refractivity contribution in [3.8, 4) is 0 Å². The molecule has 1 saturated heterocycles. The topological polar surface area (TPSA) is 70.1 Å². The van der Waals surface area contributed by atoms with Crippen LogP contribution in [0.15, 0.2) is 0 Å². The Balaban J connectivity index is 2.18. The molecule has 114 valence electrons. The maximum Gasteiger partial charge on any atom is 0.211 e. The molecule has 0 amide bonds. The number of hydrogen-bond acceptors (Lipinski definition) is 5. The van der Waals surface area contributed by atoms with E-state index in [1.165, 1.54) is 10.6 Å². The quantitative estimate of drug-likeness (QED) is 0.625. The number of rotatable bonds is 8. The second-order valence-corrected chi connectivity index (χ2v) is 7.03. The molecule has 1 atom stereocenters. The Labute approximate surface area is 116 Å². The minimum Gasteiger partial charge on any atom is -0.389 e. The van der Waals surface area contributed by atoms with Crippen molar-refractivity contribution in [2.45, 2.75) is 25.9 Å². The van der Waals surface area contributed by atoms with Crippen molar-refractivity contribution in [3.63, 3.8) is 0 Å². The molecule has 0 aromatic rings. The minimum absolute atomic E-state index is 0.353. The molecule has 19 heavy (non-hydrogen) atoms. The van der Waals surface area contributed by atoms with E-state index in [9.17, 15) is 13.5 Å². The van der Waals surface area contributed by atoms with Gasteiger partial charge < -0.3 is 9.84 Å². The van der Waals surface area contributed by atoms with Gasteiger partial charge in [-0.1, -0.05) is 13.3 Å². The summed E-state index contributed by atoms with van der Waals surface area (Å²) in [4.78, 5) is 2.08. The van der Waals surface area contributed by atoms with Gasteiger partial charge in [0, 0.05) is 39.3 Å². The van der Waals surface area contributed by atoms with Crippen LogP contribution >= 0.6 is 0 Å². The lowest BCUT2D eigenvalue weighted by molar-refractivity contribution is 0.0109. The van der Waals surface area contributed by atoms with Crippen LogP contribution in [0.2, 0.25) is 0 Å². The minimum atomic E-state index is -3.08. The summed E-state index contributed by atoms with van der Waals surface area (Å²) in [6, 6.07) is 0. The summed E-state index contributed by atoms with van der Waals surface area (Å²) >= 11 is 0. The molecule has 0 spiro atoms. The fraction of sp³-hybridized carbons (Fsp3) is 1.00. The zero-order chi connectivity index (χ0) is 14.3. The molecular formula is C12H26N2O4S. The molecule has 1 aliphatic heterocycles. The molecule has 1 unspecified atom stereocenters. The molecule has 0 saturated carbocycles. The lowest BCUT2D eigenvalue weighted by Gasteiger charge is -2.34. The van der Waals surface area contributed by atoms with Gasteiger partial charge in [0.15, 0.2) is 0 Å². The van der Waals surface area contributed by atoms with Crippen LogP contribution in [0.5, 0.6) is 0 Å².